The van der Waals surface area contributed by atoms with Gasteiger partial charge in [0, 0.05) is 18.4 Å². The zero-order valence-corrected chi connectivity index (χ0v) is 15.0. The van der Waals surface area contributed by atoms with Gasteiger partial charge in [0.15, 0.2) is 5.69 Å². The molecule has 0 aliphatic rings. The third-order valence-corrected chi connectivity index (χ3v) is 3.86. The summed E-state index contributed by atoms with van der Waals surface area (Å²) >= 11 is 0. The molecule has 0 fully saturated rings. The molecule has 0 aliphatic heterocycles. The van der Waals surface area contributed by atoms with E-state index in [0.29, 0.717) is 11.4 Å². The van der Waals surface area contributed by atoms with Crippen LogP contribution >= 0.6 is 0 Å². The number of aryl methyl sites for hydroxylation is 1. The first-order chi connectivity index (χ1) is 12.4. The maximum Gasteiger partial charge on any atom is 0.276 e. The van der Waals surface area contributed by atoms with Crippen LogP contribution in [0.3, 0.4) is 0 Å². The van der Waals surface area contributed by atoms with Crippen LogP contribution in [0, 0.1) is 12.7 Å². The van der Waals surface area contributed by atoms with Crippen LogP contribution in [0.1, 0.15) is 16.2 Å². The number of hydrogen-bond donors (Lipinski definition) is 1. The van der Waals surface area contributed by atoms with Crippen molar-refractivity contribution in [3.05, 3.63) is 59.9 Å². The molecule has 3 rings (SSSR count). The molecule has 0 saturated heterocycles. The van der Waals surface area contributed by atoms with Crippen molar-refractivity contribution in [3.63, 3.8) is 0 Å². The molecule has 0 aliphatic carbocycles. The van der Waals surface area contributed by atoms with Gasteiger partial charge in [0.2, 0.25) is 0 Å². The number of rotatable bonds is 6. The van der Waals surface area contributed by atoms with E-state index in [1.807, 2.05) is 21.0 Å². The summed E-state index contributed by atoms with van der Waals surface area (Å²) in [5.74, 6) is -0.635. The highest BCUT2D eigenvalue weighted by Gasteiger charge is 2.14. The molecule has 1 aromatic carbocycles. The minimum atomic E-state index is -0.318. The third-order valence-electron chi connectivity index (χ3n) is 3.86. The van der Waals surface area contributed by atoms with E-state index in [9.17, 15) is 9.18 Å². The number of likely N-dealkylation sites (N-methyl/N-ethyl adjacent to an activating group) is 1. The van der Waals surface area contributed by atoms with Crippen LogP contribution in [0.25, 0.3) is 5.69 Å². The van der Waals surface area contributed by atoms with Crippen molar-refractivity contribution >= 4 is 11.6 Å². The Kier molecular flexibility index (Phi) is 5.13. The number of aromatic nitrogens is 4. The van der Waals surface area contributed by atoms with Gasteiger partial charge in [-0.1, -0.05) is 0 Å². The molecule has 3 aromatic rings. The summed E-state index contributed by atoms with van der Waals surface area (Å²) in [4.78, 5) is 14.5. The Morgan fingerprint density at radius 2 is 2.00 bits per heavy atom. The van der Waals surface area contributed by atoms with Gasteiger partial charge >= 0.3 is 0 Å². The van der Waals surface area contributed by atoms with E-state index < -0.39 is 0 Å². The van der Waals surface area contributed by atoms with E-state index >= 15 is 0 Å². The van der Waals surface area contributed by atoms with E-state index in [4.69, 9.17) is 0 Å². The summed E-state index contributed by atoms with van der Waals surface area (Å²) in [5, 5.41) is 11.3. The summed E-state index contributed by atoms with van der Waals surface area (Å²) in [6.45, 7) is 3.43. The highest BCUT2D eigenvalue weighted by molar-refractivity contribution is 6.02. The zero-order chi connectivity index (χ0) is 18.7. The van der Waals surface area contributed by atoms with Crippen molar-refractivity contribution in [2.45, 2.75) is 13.5 Å². The Labute approximate surface area is 151 Å². The summed E-state index contributed by atoms with van der Waals surface area (Å²) in [5.41, 5.74) is 2.37. The molecule has 0 atom stereocenters. The fourth-order valence-corrected chi connectivity index (χ4v) is 2.48. The lowest BCUT2D eigenvalue weighted by Gasteiger charge is -2.08. The summed E-state index contributed by atoms with van der Waals surface area (Å²) in [7, 11) is 3.98. The molecule has 0 bridgehead atoms. The van der Waals surface area contributed by atoms with Gasteiger partial charge in [0.25, 0.3) is 5.91 Å². The Morgan fingerprint density at radius 1 is 1.27 bits per heavy atom. The number of hydrogen-bond acceptors (Lipinski definition) is 4. The first-order valence-corrected chi connectivity index (χ1v) is 8.23. The molecular weight excluding hydrogens is 335 g/mol. The van der Waals surface area contributed by atoms with E-state index in [1.54, 1.807) is 40.0 Å². The Balaban J connectivity index is 1.71. The molecule has 0 spiro atoms. The Bertz CT molecular complexity index is 897. The van der Waals surface area contributed by atoms with Crippen molar-refractivity contribution < 1.29 is 9.18 Å². The van der Waals surface area contributed by atoms with Gasteiger partial charge in [0.1, 0.15) is 5.82 Å². The maximum atomic E-state index is 13.1. The first kappa shape index (κ1) is 17.8. The van der Waals surface area contributed by atoms with Crippen LogP contribution < -0.4 is 5.32 Å². The lowest BCUT2D eigenvalue weighted by Crippen LogP contribution is -2.18. The van der Waals surface area contributed by atoms with Crippen LogP contribution in [0.5, 0.6) is 0 Å². The van der Waals surface area contributed by atoms with Gasteiger partial charge in [-0.25, -0.2) is 9.07 Å². The number of nitrogens with one attached hydrogen (secondary N) is 1. The number of halogens is 1. The molecule has 26 heavy (non-hydrogen) atoms. The topological polar surface area (TPSA) is 68.0 Å². The second-order valence-corrected chi connectivity index (χ2v) is 6.31. The van der Waals surface area contributed by atoms with Crippen LogP contribution in [-0.2, 0) is 6.54 Å². The number of anilines is 1. The quantitative estimate of drug-likeness (QED) is 0.736. The molecule has 2 aromatic heterocycles. The van der Waals surface area contributed by atoms with E-state index in [-0.39, 0.29) is 17.4 Å². The fraction of sp³-hybridized carbons (Fsp3) is 0.278. The van der Waals surface area contributed by atoms with Crippen molar-refractivity contribution in [1.29, 1.82) is 0 Å². The van der Waals surface area contributed by atoms with Gasteiger partial charge in [0.05, 0.1) is 24.1 Å². The fourth-order valence-electron chi connectivity index (χ4n) is 2.48. The van der Waals surface area contributed by atoms with Gasteiger partial charge in [-0.3, -0.25) is 9.48 Å². The van der Waals surface area contributed by atoms with Crippen LogP contribution in [0.4, 0.5) is 10.1 Å². The monoisotopic (exact) mass is 356 g/mol. The maximum absolute atomic E-state index is 13.1. The second-order valence-electron chi connectivity index (χ2n) is 6.31. The van der Waals surface area contributed by atoms with E-state index in [0.717, 1.165) is 18.8 Å². The molecule has 0 unspecified atom stereocenters. The van der Waals surface area contributed by atoms with Crippen molar-refractivity contribution in [2.75, 3.05) is 26.0 Å². The molecule has 0 saturated carbocycles. The minimum absolute atomic E-state index is 0.285. The molecule has 7 nitrogen and oxygen atoms in total. The summed E-state index contributed by atoms with van der Waals surface area (Å²) in [6, 6.07) is 7.64. The molecular formula is C18H21FN6O. The number of carbonyl (C=O) groups excluding carboxylic acids is 1. The predicted octanol–water partition coefficient (Wildman–Crippen LogP) is 2.33. The van der Waals surface area contributed by atoms with Crippen LogP contribution in [-0.4, -0.2) is 51.0 Å². The average molecular weight is 356 g/mol. The third kappa shape index (κ3) is 4.15. The minimum Gasteiger partial charge on any atom is -0.318 e. The summed E-state index contributed by atoms with van der Waals surface area (Å²) in [6.07, 6.45) is 3.39. The normalized spacial score (nSPS) is 11.1. The lowest BCUT2D eigenvalue weighted by atomic mass is 10.3. The van der Waals surface area contributed by atoms with Crippen LogP contribution in [0.2, 0.25) is 0 Å². The van der Waals surface area contributed by atoms with Crippen molar-refractivity contribution in [1.82, 2.24) is 24.5 Å². The average Bonchev–Trinajstić information content (AvgIpc) is 3.20. The van der Waals surface area contributed by atoms with Crippen molar-refractivity contribution in [3.8, 4) is 5.69 Å². The van der Waals surface area contributed by atoms with Crippen molar-refractivity contribution in [2.24, 2.45) is 0 Å². The highest BCUT2D eigenvalue weighted by Crippen LogP contribution is 2.14. The molecule has 8 heteroatoms. The number of benzene rings is 1. The molecule has 0 radical (unpaired) electrons. The lowest BCUT2D eigenvalue weighted by molar-refractivity contribution is 0.102. The number of nitrogens with zero attached hydrogens (tertiary/aromatic N) is 5. The van der Waals surface area contributed by atoms with Gasteiger partial charge in [-0.15, -0.1) is 0 Å². The molecule has 1 amide bonds. The van der Waals surface area contributed by atoms with E-state index in [2.05, 4.69) is 20.4 Å². The largest absolute Gasteiger partial charge is 0.318 e. The van der Waals surface area contributed by atoms with Gasteiger partial charge in [-0.05, 0) is 51.4 Å². The molecule has 136 valence electrons. The van der Waals surface area contributed by atoms with Gasteiger partial charge in [-0.2, -0.15) is 10.2 Å². The Morgan fingerprint density at radius 3 is 2.69 bits per heavy atom. The standard InChI is InChI=1S/C18H21FN6O/c1-13-10-17(22-25(13)16-6-4-14(19)5-7-16)18(26)21-15-11-20-24(12-15)9-8-23(2)3/h4-7,10-12H,8-9H2,1-3H3,(H,21,26). The summed E-state index contributed by atoms with van der Waals surface area (Å²) < 4.78 is 16.5. The number of carbonyl (C=O) groups is 1. The van der Waals surface area contributed by atoms with E-state index in [1.165, 1.54) is 12.1 Å². The number of amides is 1. The second kappa shape index (κ2) is 7.49. The first-order valence-electron chi connectivity index (χ1n) is 8.23. The predicted molar refractivity (Wildman–Crippen MR) is 97.0 cm³/mol. The SMILES string of the molecule is Cc1cc(C(=O)Nc2cnn(CCN(C)C)c2)nn1-c1ccc(F)cc1. The Hall–Kier alpha value is -3.00. The smallest absolute Gasteiger partial charge is 0.276 e. The zero-order valence-electron chi connectivity index (χ0n) is 15.0. The van der Waals surface area contributed by atoms with Crippen LogP contribution in [0.15, 0.2) is 42.7 Å². The molecule has 2 heterocycles. The van der Waals surface area contributed by atoms with Gasteiger partial charge < -0.3 is 10.2 Å². The highest BCUT2D eigenvalue weighted by atomic mass is 19.1. The molecule has 1 N–H and O–H groups in total.